The van der Waals surface area contributed by atoms with E-state index in [0.717, 1.165) is 45.0 Å². The fraction of sp³-hybridized carbons (Fsp3) is 0.409. The van der Waals surface area contributed by atoms with E-state index in [1.54, 1.807) is 31.4 Å². The number of hydrogen-bond donors (Lipinski definition) is 1. The van der Waals surface area contributed by atoms with E-state index in [-0.39, 0.29) is 5.91 Å². The second-order valence-electron chi connectivity index (χ2n) is 6.89. The first-order valence-corrected chi connectivity index (χ1v) is 9.63. The second kappa shape index (κ2) is 9.53. The number of rotatable bonds is 7. The van der Waals surface area contributed by atoms with Crippen LogP contribution >= 0.6 is 0 Å². The molecule has 0 unspecified atom stereocenters. The average molecular weight is 367 g/mol. The van der Waals surface area contributed by atoms with Gasteiger partial charge in [-0.25, -0.2) is 0 Å². The third-order valence-electron chi connectivity index (χ3n) is 5.22. The van der Waals surface area contributed by atoms with Gasteiger partial charge in [0.25, 0.3) is 5.91 Å². The zero-order valence-electron chi connectivity index (χ0n) is 16.3. The molecule has 2 aromatic rings. The summed E-state index contributed by atoms with van der Waals surface area (Å²) < 4.78 is 5.14. The molecular weight excluding hydrogens is 338 g/mol. The lowest BCUT2D eigenvalue weighted by atomic mass is 10.1. The Bertz CT molecular complexity index is 737. The van der Waals surface area contributed by atoms with E-state index in [2.05, 4.69) is 40.2 Å². The molecule has 5 nitrogen and oxygen atoms in total. The summed E-state index contributed by atoms with van der Waals surface area (Å²) in [5.74, 6) is 0.684. The third kappa shape index (κ3) is 5.31. The number of ether oxygens (including phenoxy) is 1. The predicted molar refractivity (Wildman–Crippen MR) is 108 cm³/mol. The number of carbonyl (C=O) groups is 1. The molecule has 0 radical (unpaired) electrons. The van der Waals surface area contributed by atoms with Crippen LogP contribution in [-0.2, 0) is 13.1 Å². The number of likely N-dealkylation sites (N-methyl/N-ethyl adjacent to an activating group) is 1. The van der Waals surface area contributed by atoms with E-state index in [4.69, 9.17) is 4.74 Å². The van der Waals surface area contributed by atoms with Gasteiger partial charge >= 0.3 is 0 Å². The van der Waals surface area contributed by atoms with E-state index < -0.39 is 0 Å². The maximum absolute atomic E-state index is 12.4. The molecule has 0 saturated carbocycles. The molecular formula is C22H29N3O2. The predicted octanol–water partition coefficient (Wildman–Crippen LogP) is 2.76. The summed E-state index contributed by atoms with van der Waals surface area (Å²) in [5, 5.41) is 3.04. The summed E-state index contributed by atoms with van der Waals surface area (Å²) in [5.41, 5.74) is 3.11. The van der Waals surface area contributed by atoms with Crippen molar-refractivity contribution in [1.82, 2.24) is 15.1 Å². The minimum atomic E-state index is -0.0657. The van der Waals surface area contributed by atoms with Crippen LogP contribution in [0.4, 0.5) is 0 Å². The Hall–Kier alpha value is -2.37. The number of carbonyl (C=O) groups excluding carboxylic acids is 1. The van der Waals surface area contributed by atoms with Gasteiger partial charge in [-0.2, -0.15) is 0 Å². The van der Waals surface area contributed by atoms with Crippen molar-refractivity contribution in [3.8, 4) is 5.75 Å². The van der Waals surface area contributed by atoms with Gasteiger partial charge in [-0.3, -0.25) is 9.69 Å². The normalized spacial score (nSPS) is 15.5. The minimum Gasteiger partial charge on any atom is -0.497 e. The molecule has 0 bridgehead atoms. The van der Waals surface area contributed by atoms with Crippen molar-refractivity contribution >= 4 is 5.91 Å². The first-order valence-electron chi connectivity index (χ1n) is 9.63. The van der Waals surface area contributed by atoms with Gasteiger partial charge in [-0.15, -0.1) is 0 Å². The van der Waals surface area contributed by atoms with E-state index in [9.17, 15) is 4.79 Å². The fourth-order valence-electron chi connectivity index (χ4n) is 3.41. The summed E-state index contributed by atoms with van der Waals surface area (Å²) in [6, 6.07) is 15.6. The molecule has 1 amide bonds. The van der Waals surface area contributed by atoms with Crippen molar-refractivity contribution in [2.24, 2.45) is 0 Å². The van der Waals surface area contributed by atoms with Crippen molar-refractivity contribution in [1.29, 1.82) is 0 Å². The molecule has 1 aliphatic heterocycles. The molecule has 1 saturated heterocycles. The summed E-state index contributed by atoms with van der Waals surface area (Å²) in [6.45, 7) is 9.28. The van der Waals surface area contributed by atoms with Crippen molar-refractivity contribution in [3.05, 3.63) is 65.2 Å². The van der Waals surface area contributed by atoms with Gasteiger partial charge in [0.05, 0.1) is 7.11 Å². The van der Waals surface area contributed by atoms with Crippen LogP contribution in [0.15, 0.2) is 48.5 Å². The van der Waals surface area contributed by atoms with Gasteiger partial charge in [0, 0.05) is 44.8 Å². The molecule has 0 spiro atoms. The van der Waals surface area contributed by atoms with Gasteiger partial charge in [0.2, 0.25) is 0 Å². The van der Waals surface area contributed by atoms with Crippen LogP contribution in [0.25, 0.3) is 0 Å². The average Bonchev–Trinajstić information content (AvgIpc) is 2.73. The molecule has 3 rings (SSSR count). The SMILES string of the molecule is CCN1CCN(Cc2ccccc2CNC(=O)c2ccc(OC)cc2)CC1. The third-order valence-corrected chi connectivity index (χ3v) is 5.22. The molecule has 0 aromatic heterocycles. The van der Waals surface area contributed by atoms with Crippen LogP contribution in [0.1, 0.15) is 28.4 Å². The Morgan fingerprint density at radius 1 is 0.963 bits per heavy atom. The Labute approximate surface area is 161 Å². The maximum atomic E-state index is 12.4. The second-order valence-corrected chi connectivity index (χ2v) is 6.89. The van der Waals surface area contributed by atoms with E-state index in [0.29, 0.717) is 12.1 Å². The Balaban J connectivity index is 1.58. The van der Waals surface area contributed by atoms with Crippen LogP contribution in [0.3, 0.4) is 0 Å². The highest BCUT2D eigenvalue weighted by atomic mass is 16.5. The standard InChI is InChI=1S/C22H29N3O2/c1-3-24-12-14-25(15-13-24)17-20-7-5-4-6-19(20)16-23-22(26)18-8-10-21(27-2)11-9-18/h4-11H,3,12-17H2,1-2H3,(H,23,26). The number of nitrogens with zero attached hydrogens (tertiary/aromatic N) is 2. The quantitative estimate of drug-likeness (QED) is 0.817. The van der Waals surface area contributed by atoms with Crippen LogP contribution in [-0.4, -0.2) is 55.5 Å². The Kier molecular flexibility index (Phi) is 6.85. The lowest BCUT2D eigenvalue weighted by Crippen LogP contribution is -2.45. The van der Waals surface area contributed by atoms with Crippen LogP contribution < -0.4 is 10.1 Å². The first-order chi connectivity index (χ1) is 13.2. The molecule has 0 aliphatic carbocycles. The van der Waals surface area contributed by atoms with Crippen molar-refractivity contribution in [2.75, 3.05) is 39.8 Å². The lowest BCUT2D eigenvalue weighted by molar-refractivity contribution is 0.0950. The van der Waals surface area contributed by atoms with Crippen molar-refractivity contribution in [2.45, 2.75) is 20.0 Å². The molecule has 1 fully saturated rings. The number of nitrogens with one attached hydrogen (secondary N) is 1. The zero-order chi connectivity index (χ0) is 19.1. The van der Waals surface area contributed by atoms with Gasteiger partial charge in [-0.05, 0) is 41.9 Å². The largest absolute Gasteiger partial charge is 0.497 e. The topological polar surface area (TPSA) is 44.8 Å². The minimum absolute atomic E-state index is 0.0657. The molecule has 0 atom stereocenters. The van der Waals surface area contributed by atoms with E-state index >= 15 is 0 Å². The zero-order valence-corrected chi connectivity index (χ0v) is 16.3. The molecule has 1 N–H and O–H groups in total. The molecule has 1 heterocycles. The number of amides is 1. The fourth-order valence-corrected chi connectivity index (χ4v) is 3.41. The monoisotopic (exact) mass is 367 g/mol. The first kappa shape index (κ1) is 19.4. The Morgan fingerprint density at radius 3 is 2.22 bits per heavy atom. The van der Waals surface area contributed by atoms with E-state index in [1.165, 1.54) is 11.1 Å². The molecule has 27 heavy (non-hydrogen) atoms. The highest BCUT2D eigenvalue weighted by Gasteiger charge is 2.16. The molecule has 1 aliphatic rings. The summed E-state index contributed by atoms with van der Waals surface area (Å²) in [6.07, 6.45) is 0. The highest BCUT2D eigenvalue weighted by molar-refractivity contribution is 5.94. The number of methoxy groups -OCH3 is 1. The van der Waals surface area contributed by atoms with Crippen molar-refractivity contribution in [3.63, 3.8) is 0 Å². The lowest BCUT2D eigenvalue weighted by Gasteiger charge is -2.34. The molecule has 2 aromatic carbocycles. The van der Waals surface area contributed by atoms with Gasteiger partial charge in [0.15, 0.2) is 0 Å². The number of piperazine rings is 1. The molecule has 144 valence electrons. The van der Waals surface area contributed by atoms with E-state index in [1.807, 2.05) is 6.07 Å². The van der Waals surface area contributed by atoms with Crippen LogP contribution in [0.5, 0.6) is 5.75 Å². The summed E-state index contributed by atoms with van der Waals surface area (Å²) >= 11 is 0. The van der Waals surface area contributed by atoms with Crippen LogP contribution in [0.2, 0.25) is 0 Å². The number of hydrogen-bond acceptors (Lipinski definition) is 4. The smallest absolute Gasteiger partial charge is 0.251 e. The van der Waals surface area contributed by atoms with Gasteiger partial charge in [-0.1, -0.05) is 31.2 Å². The highest BCUT2D eigenvalue weighted by Crippen LogP contribution is 2.15. The van der Waals surface area contributed by atoms with Crippen LogP contribution in [0, 0.1) is 0 Å². The van der Waals surface area contributed by atoms with Gasteiger partial charge < -0.3 is 15.0 Å². The van der Waals surface area contributed by atoms with Crippen molar-refractivity contribution < 1.29 is 9.53 Å². The summed E-state index contributed by atoms with van der Waals surface area (Å²) in [4.78, 5) is 17.4. The maximum Gasteiger partial charge on any atom is 0.251 e. The number of benzene rings is 2. The Morgan fingerprint density at radius 2 is 1.59 bits per heavy atom. The molecule has 5 heteroatoms. The van der Waals surface area contributed by atoms with Gasteiger partial charge in [0.1, 0.15) is 5.75 Å². The summed E-state index contributed by atoms with van der Waals surface area (Å²) in [7, 11) is 1.62.